The minimum atomic E-state index is -0.554. The summed E-state index contributed by atoms with van der Waals surface area (Å²) < 4.78 is 11.4. The van der Waals surface area contributed by atoms with Gasteiger partial charge in [0.15, 0.2) is 0 Å². The molecular formula is C18H24O5. The second-order valence-corrected chi connectivity index (χ2v) is 6.08. The van der Waals surface area contributed by atoms with Crippen molar-refractivity contribution in [1.29, 1.82) is 0 Å². The van der Waals surface area contributed by atoms with E-state index in [4.69, 9.17) is 24.4 Å². The predicted octanol–water partition coefficient (Wildman–Crippen LogP) is 3.08. The second kappa shape index (κ2) is 7.45. The zero-order chi connectivity index (χ0) is 16.1. The summed E-state index contributed by atoms with van der Waals surface area (Å²) in [5.74, 6) is 0.139. The molecule has 1 aliphatic heterocycles. The van der Waals surface area contributed by atoms with Crippen LogP contribution in [0.25, 0.3) is 5.57 Å². The highest BCUT2D eigenvalue weighted by atomic mass is 17.2. The van der Waals surface area contributed by atoms with Crippen molar-refractivity contribution in [1.82, 2.24) is 0 Å². The molecule has 1 aromatic carbocycles. The molecule has 5 nitrogen and oxygen atoms in total. The van der Waals surface area contributed by atoms with Gasteiger partial charge in [-0.3, -0.25) is 0 Å². The fourth-order valence-corrected chi connectivity index (χ4v) is 3.04. The first-order chi connectivity index (χ1) is 11.2. The summed E-state index contributed by atoms with van der Waals surface area (Å²) in [7, 11) is 0. The Kier molecular flexibility index (Phi) is 5.33. The van der Waals surface area contributed by atoms with E-state index in [0.29, 0.717) is 12.4 Å². The third kappa shape index (κ3) is 3.93. The largest absolute Gasteiger partial charge is 0.491 e. The van der Waals surface area contributed by atoms with E-state index in [1.807, 2.05) is 24.3 Å². The van der Waals surface area contributed by atoms with Gasteiger partial charge in [-0.1, -0.05) is 25.1 Å². The average molecular weight is 320 g/mol. The maximum Gasteiger partial charge on any atom is 0.201 e. The number of ether oxygens (including phenoxy) is 2. The van der Waals surface area contributed by atoms with E-state index in [1.54, 1.807) is 0 Å². The number of aliphatic hydroxyl groups is 1. The maximum absolute atomic E-state index is 8.84. The monoisotopic (exact) mass is 320 g/mol. The van der Waals surface area contributed by atoms with Gasteiger partial charge in [-0.05, 0) is 36.1 Å². The maximum atomic E-state index is 8.84. The van der Waals surface area contributed by atoms with Crippen molar-refractivity contribution in [2.45, 2.75) is 44.0 Å². The normalized spacial score (nSPS) is 23.6. The molecule has 1 atom stereocenters. The number of benzene rings is 1. The van der Waals surface area contributed by atoms with Crippen LogP contribution in [0.4, 0.5) is 0 Å². The van der Waals surface area contributed by atoms with Crippen molar-refractivity contribution in [3.63, 3.8) is 0 Å². The zero-order valence-electron chi connectivity index (χ0n) is 13.3. The number of rotatable bonds is 5. The number of hydrogen-bond acceptors (Lipinski definition) is 5. The number of hydrogen-bond donors (Lipinski definition) is 1. The van der Waals surface area contributed by atoms with Gasteiger partial charge in [0.1, 0.15) is 18.5 Å². The molecule has 3 rings (SSSR count). The lowest BCUT2D eigenvalue weighted by atomic mass is 9.94. The highest BCUT2D eigenvalue weighted by Gasteiger charge is 2.41. The highest BCUT2D eigenvalue weighted by Crippen LogP contribution is 2.37. The first-order valence-electron chi connectivity index (χ1n) is 8.24. The minimum absolute atomic E-state index is 0.0132. The molecule has 1 aromatic rings. The predicted molar refractivity (Wildman–Crippen MR) is 85.8 cm³/mol. The van der Waals surface area contributed by atoms with E-state index in [1.165, 1.54) is 6.42 Å². The van der Waals surface area contributed by atoms with Gasteiger partial charge in [-0.15, -0.1) is 0 Å². The minimum Gasteiger partial charge on any atom is -0.491 e. The van der Waals surface area contributed by atoms with Gasteiger partial charge in [0.05, 0.1) is 13.2 Å². The summed E-state index contributed by atoms with van der Waals surface area (Å²) in [6.07, 6.45) is 4.90. The van der Waals surface area contributed by atoms with Crippen molar-refractivity contribution in [2.24, 2.45) is 0 Å². The molecule has 126 valence electrons. The molecule has 0 radical (unpaired) electrons. The molecule has 0 aromatic heterocycles. The van der Waals surface area contributed by atoms with Gasteiger partial charge in [0.2, 0.25) is 5.79 Å². The Hall–Kier alpha value is -1.40. The van der Waals surface area contributed by atoms with Gasteiger partial charge >= 0.3 is 0 Å². The second-order valence-electron chi connectivity index (χ2n) is 6.08. The van der Waals surface area contributed by atoms with Crippen LogP contribution in [0, 0.1) is 0 Å². The summed E-state index contributed by atoms with van der Waals surface area (Å²) in [6.45, 7) is 4.81. The summed E-state index contributed by atoms with van der Waals surface area (Å²) in [5.41, 5.74) is 1.71. The molecule has 0 amide bonds. The smallest absolute Gasteiger partial charge is 0.201 e. The van der Waals surface area contributed by atoms with Crippen LogP contribution in [-0.4, -0.2) is 36.8 Å². The first kappa shape index (κ1) is 16.5. The van der Waals surface area contributed by atoms with Gasteiger partial charge in [0, 0.05) is 12.8 Å². The van der Waals surface area contributed by atoms with Crippen molar-refractivity contribution in [2.75, 3.05) is 19.8 Å². The fraction of sp³-hybridized carbons (Fsp3) is 0.556. The molecule has 1 aliphatic carbocycles. The van der Waals surface area contributed by atoms with Gasteiger partial charge < -0.3 is 14.6 Å². The molecule has 0 bridgehead atoms. The molecule has 1 spiro atoms. The van der Waals surface area contributed by atoms with Gasteiger partial charge in [-0.2, -0.15) is 0 Å². The molecule has 1 saturated carbocycles. The standard InChI is InChI=1S/C18H24O5/c1-14(15-6-5-7-16(12-15)20-11-10-19)17-13-21-18(23-22-17)8-3-2-4-9-18/h5-7,12,17,19H,1-4,8-11,13H2. The van der Waals surface area contributed by atoms with Crippen molar-refractivity contribution < 1.29 is 24.4 Å². The van der Waals surface area contributed by atoms with E-state index >= 15 is 0 Å². The summed E-state index contributed by atoms with van der Waals surface area (Å²) in [5, 5.41) is 8.84. The van der Waals surface area contributed by atoms with Gasteiger partial charge in [-0.25, -0.2) is 9.78 Å². The number of aliphatic hydroxyl groups excluding tert-OH is 1. The van der Waals surface area contributed by atoms with Crippen LogP contribution < -0.4 is 4.74 Å². The Balaban J connectivity index is 1.60. The van der Waals surface area contributed by atoms with Crippen molar-refractivity contribution in [3.8, 4) is 5.75 Å². The summed E-state index contributed by atoms with van der Waals surface area (Å²) in [4.78, 5) is 11.2. The lowest BCUT2D eigenvalue weighted by Gasteiger charge is -2.41. The third-order valence-electron chi connectivity index (χ3n) is 4.38. The van der Waals surface area contributed by atoms with E-state index in [9.17, 15) is 0 Å². The van der Waals surface area contributed by atoms with Crippen LogP contribution in [0.15, 0.2) is 30.8 Å². The van der Waals surface area contributed by atoms with Crippen LogP contribution in [-0.2, 0) is 14.5 Å². The van der Waals surface area contributed by atoms with Crippen LogP contribution in [0.5, 0.6) is 5.75 Å². The molecule has 5 heteroatoms. The molecule has 2 fully saturated rings. The lowest BCUT2D eigenvalue weighted by Crippen LogP contribution is -2.46. The topological polar surface area (TPSA) is 57.2 Å². The SMILES string of the molecule is C=C(c1cccc(OCCO)c1)C1COC2(CCCCC2)OO1. The first-order valence-corrected chi connectivity index (χ1v) is 8.24. The zero-order valence-corrected chi connectivity index (χ0v) is 13.3. The molecule has 1 heterocycles. The highest BCUT2D eigenvalue weighted by molar-refractivity contribution is 5.67. The Bertz CT molecular complexity index is 526. The summed E-state index contributed by atoms with van der Waals surface area (Å²) >= 11 is 0. The van der Waals surface area contributed by atoms with E-state index in [0.717, 1.165) is 36.8 Å². The van der Waals surface area contributed by atoms with E-state index in [2.05, 4.69) is 6.58 Å². The van der Waals surface area contributed by atoms with Crippen LogP contribution >= 0.6 is 0 Å². The Morgan fingerprint density at radius 1 is 1.30 bits per heavy atom. The molecule has 1 N–H and O–H groups in total. The van der Waals surface area contributed by atoms with Crippen molar-refractivity contribution >= 4 is 5.57 Å². The molecule has 2 aliphatic rings. The van der Waals surface area contributed by atoms with E-state index < -0.39 is 5.79 Å². The van der Waals surface area contributed by atoms with Crippen molar-refractivity contribution in [3.05, 3.63) is 36.4 Å². The quantitative estimate of drug-likeness (QED) is 0.845. The average Bonchev–Trinajstić information content (AvgIpc) is 2.61. The Morgan fingerprint density at radius 3 is 2.83 bits per heavy atom. The van der Waals surface area contributed by atoms with E-state index in [-0.39, 0.29) is 19.3 Å². The van der Waals surface area contributed by atoms with Crippen LogP contribution in [0.2, 0.25) is 0 Å². The van der Waals surface area contributed by atoms with Crippen LogP contribution in [0.1, 0.15) is 37.7 Å². The van der Waals surface area contributed by atoms with Gasteiger partial charge in [0.25, 0.3) is 0 Å². The Morgan fingerprint density at radius 2 is 2.13 bits per heavy atom. The lowest BCUT2D eigenvalue weighted by molar-refractivity contribution is -0.483. The third-order valence-corrected chi connectivity index (χ3v) is 4.38. The fourth-order valence-electron chi connectivity index (χ4n) is 3.04. The van der Waals surface area contributed by atoms with Crippen LogP contribution in [0.3, 0.4) is 0 Å². The Labute approximate surface area is 136 Å². The molecule has 1 unspecified atom stereocenters. The molecular weight excluding hydrogens is 296 g/mol. The summed E-state index contributed by atoms with van der Waals surface area (Å²) in [6, 6.07) is 7.56. The molecule has 23 heavy (non-hydrogen) atoms. The molecule has 1 saturated heterocycles.